The van der Waals surface area contributed by atoms with E-state index in [0.29, 0.717) is 28.5 Å². The molecule has 0 amide bonds. The number of hydrogen-bond donors (Lipinski definition) is 1. The van der Waals surface area contributed by atoms with Crippen molar-refractivity contribution in [3.8, 4) is 28.5 Å². The Bertz CT molecular complexity index is 899. The van der Waals surface area contributed by atoms with E-state index in [-0.39, 0.29) is 5.69 Å². The van der Waals surface area contributed by atoms with Crippen LogP contribution >= 0.6 is 0 Å². The molecule has 5 nitrogen and oxygen atoms in total. The molecule has 1 aliphatic rings. The van der Waals surface area contributed by atoms with E-state index in [1.165, 1.54) is 0 Å². The molecule has 2 heterocycles. The monoisotopic (exact) mass is 266 g/mol. The third-order valence-electron chi connectivity index (χ3n) is 3.39. The number of nitrogens with zero attached hydrogens (tertiary/aromatic N) is 1. The molecule has 0 saturated carbocycles. The zero-order valence-corrected chi connectivity index (χ0v) is 10.6. The highest BCUT2D eigenvalue weighted by Gasteiger charge is 2.24. The molecule has 0 aliphatic carbocycles. The minimum atomic E-state index is -0.375. The minimum Gasteiger partial charge on any atom is -0.493 e. The first-order valence-electron chi connectivity index (χ1n) is 6.16. The van der Waals surface area contributed by atoms with Crippen LogP contribution in [0.5, 0.6) is 17.2 Å². The van der Waals surface area contributed by atoms with E-state index in [9.17, 15) is 4.79 Å². The molecule has 2 aromatic carbocycles. The van der Waals surface area contributed by atoms with Gasteiger partial charge in [-0.3, -0.25) is 0 Å². The molecule has 0 saturated heterocycles. The van der Waals surface area contributed by atoms with Gasteiger partial charge in [-0.05, 0) is 24.3 Å². The summed E-state index contributed by atoms with van der Waals surface area (Å²) < 4.78 is 11.3. The second-order valence-electron chi connectivity index (χ2n) is 4.51. The summed E-state index contributed by atoms with van der Waals surface area (Å²) in [6.45, 7) is 0. The van der Waals surface area contributed by atoms with E-state index in [2.05, 4.69) is 9.97 Å². The summed E-state index contributed by atoms with van der Waals surface area (Å²) >= 11 is 0. The lowest BCUT2D eigenvalue weighted by molar-refractivity contribution is 0.381. The fourth-order valence-electron chi connectivity index (χ4n) is 2.52. The Morgan fingerprint density at radius 3 is 2.90 bits per heavy atom. The summed E-state index contributed by atoms with van der Waals surface area (Å²) in [6, 6.07) is 11.1. The summed E-state index contributed by atoms with van der Waals surface area (Å²) in [5, 5.41) is 0.766. The largest absolute Gasteiger partial charge is 0.493 e. The van der Waals surface area contributed by atoms with Crippen LogP contribution in [0.25, 0.3) is 22.2 Å². The molecule has 4 rings (SSSR count). The summed E-state index contributed by atoms with van der Waals surface area (Å²) in [4.78, 5) is 18.5. The van der Waals surface area contributed by atoms with Crippen molar-refractivity contribution in [1.82, 2.24) is 9.97 Å². The molecule has 0 unspecified atom stereocenters. The van der Waals surface area contributed by atoms with Crippen molar-refractivity contribution >= 4 is 10.9 Å². The number of fused-ring (bicyclic) bond motifs is 2. The van der Waals surface area contributed by atoms with Gasteiger partial charge in [-0.2, -0.15) is 4.98 Å². The van der Waals surface area contributed by atoms with Crippen LogP contribution in [0, 0.1) is 0 Å². The predicted molar refractivity (Wildman–Crippen MR) is 74.4 cm³/mol. The lowest BCUT2D eigenvalue weighted by atomic mass is 10.0. The van der Waals surface area contributed by atoms with Crippen LogP contribution in [-0.2, 0) is 0 Å². The molecule has 1 aliphatic heterocycles. The Hall–Kier alpha value is -2.82. The van der Waals surface area contributed by atoms with Gasteiger partial charge in [-0.25, -0.2) is 4.79 Å². The summed E-state index contributed by atoms with van der Waals surface area (Å²) in [5.41, 5.74) is 1.74. The average molecular weight is 266 g/mol. The molecule has 0 bridgehead atoms. The molecule has 0 radical (unpaired) electrons. The number of para-hydroxylation sites is 1. The Labute approximate surface area is 113 Å². The summed E-state index contributed by atoms with van der Waals surface area (Å²) in [6.07, 6.45) is 0. The van der Waals surface area contributed by atoms with Gasteiger partial charge in [-0.15, -0.1) is 0 Å². The lowest BCUT2D eigenvalue weighted by Crippen LogP contribution is -2.13. The number of hydrogen-bond acceptors (Lipinski definition) is 4. The first-order chi connectivity index (χ1) is 9.78. The van der Waals surface area contributed by atoms with E-state index < -0.39 is 0 Å². The third kappa shape index (κ3) is 1.37. The highest BCUT2D eigenvalue weighted by Crippen LogP contribution is 2.48. The fourth-order valence-corrected chi connectivity index (χ4v) is 2.52. The van der Waals surface area contributed by atoms with Crippen molar-refractivity contribution in [3.63, 3.8) is 0 Å². The number of aromatic nitrogens is 2. The molecule has 0 spiro atoms. The van der Waals surface area contributed by atoms with E-state index in [0.717, 1.165) is 10.9 Å². The molecule has 98 valence electrons. The molecule has 0 fully saturated rings. The number of rotatable bonds is 1. The summed E-state index contributed by atoms with van der Waals surface area (Å²) in [7, 11) is 1.58. The molecular weight excluding hydrogens is 256 g/mol. The van der Waals surface area contributed by atoms with Gasteiger partial charge < -0.3 is 14.5 Å². The van der Waals surface area contributed by atoms with E-state index >= 15 is 0 Å². The van der Waals surface area contributed by atoms with Crippen LogP contribution in [-0.4, -0.2) is 17.1 Å². The topological polar surface area (TPSA) is 64.2 Å². The fraction of sp³-hybridized carbons (Fsp3) is 0.0667. The van der Waals surface area contributed by atoms with Gasteiger partial charge >= 0.3 is 5.69 Å². The minimum absolute atomic E-state index is 0.375. The van der Waals surface area contributed by atoms with Gasteiger partial charge in [0.25, 0.3) is 0 Å². The van der Waals surface area contributed by atoms with Crippen LogP contribution in [0.4, 0.5) is 0 Å². The van der Waals surface area contributed by atoms with E-state index in [1.807, 2.05) is 24.3 Å². The van der Waals surface area contributed by atoms with Gasteiger partial charge in [-0.1, -0.05) is 12.1 Å². The van der Waals surface area contributed by atoms with Gasteiger partial charge in [0, 0.05) is 5.56 Å². The normalized spacial score (nSPS) is 11.8. The zero-order valence-electron chi connectivity index (χ0n) is 10.6. The number of ether oxygens (including phenoxy) is 2. The second kappa shape index (κ2) is 3.84. The van der Waals surface area contributed by atoms with E-state index in [1.54, 1.807) is 19.2 Å². The average Bonchev–Trinajstić information content (AvgIpc) is 2.47. The van der Waals surface area contributed by atoms with Gasteiger partial charge in [0.05, 0.1) is 23.7 Å². The first-order valence-corrected chi connectivity index (χ1v) is 6.16. The van der Waals surface area contributed by atoms with Crippen LogP contribution in [0.1, 0.15) is 0 Å². The van der Waals surface area contributed by atoms with Gasteiger partial charge in [0.1, 0.15) is 5.75 Å². The van der Waals surface area contributed by atoms with Crippen molar-refractivity contribution in [2.45, 2.75) is 0 Å². The summed E-state index contributed by atoms with van der Waals surface area (Å²) in [5.74, 6) is 1.87. The van der Waals surface area contributed by atoms with Crippen molar-refractivity contribution in [3.05, 3.63) is 46.9 Å². The molecular formula is C15H10N2O3. The standard InChI is InChI=1S/C15H10N2O3/c1-19-11-7-6-9-12-13(17-15(18)16-9)8-4-2-3-5-10(8)20-14(11)12/h2-7H,1H3,(H,16,17,18). The maximum atomic E-state index is 11.7. The Balaban J connectivity index is 2.23. The van der Waals surface area contributed by atoms with Crippen molar-refractivity contribution < 1.29 is 9.47 Å². The quantitative estimate of drug-likeness (QED) is 0.575. The van der Waals surface area contributed by atoms with Crippen LogP contribution < -0.4 is 15.2 Å². The molecule has 5 heteroatoms. The van der Waals surface area contributed by atoms with Crippen LogP contribution in [0.3, 0.4) is 0 Å². The second-order valence-corrected chi connectivity index (χ2v) is 4.51. The Kier molecular flexibility index (Phi) is 2.12. The smallest absolute Gasteiger partial charge is 0.345 e. The van der Waals surface area contributed by atoms with Gasteiger partial charge in [0.2, 0.25) is 0 Å². The Morgan fingerprint density at radius 1 is 1.20 bits per heavy atom. The number of H-pyrrole nitrogens is 1. The van der Waals surface area contributed by atoms with Crippen LogP contribution in [0.15, 0.2) is 41.2 Å². The highest BCUT2D eigenvalue weighted by molar-refractivity contribution is 6.01. The number of benzene rings is 2. The van der Waals surface area contributed by atoms with Crippen LogP contribution in [0.2, 0.25) is 0 Å². The molecule has 1 aromatic heterocycles. The van der Waals surface area contributed by atoms with Crippen molar-refractivity contribution in [2.24, 2.45) is 0 Å². The van der Waals surface area contributed by atoms with Crippen molar-refractivity contribution in [2.75, 3.05) is 7.11 Å². The maximum Gasteiger partial charge on any atom is 0.345 e. The van der Waals surface area contributed by atoms with Gasteiger partial charge in [0.15, 0.2) is 11.5 Å². The maximum absolute atomic E-state index is 11.7. The molecule has 3 aromatic rings. The van der Waals surface area contributed by atoms with Crippen molar-refractivity contribution in [1.29, 1.82) is 0 Å². The Morgan fingerprint density at radius 2 is 2.05 bits per heavy atom. The third-order valence-corrected chi connectivity index (χ3v) is 3.39. The molecule has 0 atom stereocenters. The first kappa shape index (κ1) is 11.0. The predicted octanol–water partition coefficient (Wildman–Crippen LogP) is 2.70. The number of methoxy groups -OCH3 is 1. The molecule has 1 N–H and O–H groups in total. The molecule has 20 heavy (non-hydrogen) atoms. The SMILES string of the molecule is COc1ccc2[nH]c(=O)nc3c2c1Oc1ccccc1-3. The lowest BCUT2D eigenvalue weighted by Gasteiger charge is -2.21. The zero-order chi connectivity index (χ0) is 13.7. The van der Waals surface area contributed by atoms with E-state index in [4.69, 9.17) is 9.47 Å². The number of aromatic amines is 1. The number of nitrogens with one attached hydrogen (secondary N) is 1. The highest BCUT2D eigenvalue weighted by atomic mass is 16.5.